The molecule has 0 radical (unpaired) electrons. The van der Waals surface area contributed by atoms with Crippen LogP contribution in [0.4, 0.5) is 0 Å². The van der Waals surface area contributed by atoms with Crippen LogP contribution in [0.25, 0.3) is 0 Å². The second-order valence-corrected chi connectivity index (χ2v) is 7.16. The lowest BCUT2D eigenvalue weighted by Crippen LogP contribution is -2.56. The van der Waals surface area contributed by atoms with Crippen LogP contribution in [0.15, 0.2) is 11.6 Å². The SMILES string of the molecule is CC1(C)C(=O)C(C#N)=C[C@@]2(C)CC[C@@H](C3CC3)O[C@H]12. The number of allylic oxidation sites excluding steroid dienone is 1. The molecule has 0 amide bonds. The number of carbonyl (C=O) groups is 1. The zero-order valence-electron chi connectivity index (χ0n) is 11.9. The predicted molar refractivity (Wildman–Crippen MR) is 71.2 cm³/mol. The van der Waals surface area contributed by atoms with Gasteiger partial charge in [-0.05, 0) is 45.4 Å². The third-order valence-electron chi connectivity index (χ3n) is 5.10. The molecule has 0 unspecified atom stereocenters. The fourth-order valence-corrected chi connectivity index (χ4v) is 3.88. The summed E-state index contributed by atoms with van der Waals surface area (Å²) in [6, 6.07) is 2.07. The number of carbonyl (C=O) groups excluding carboxylic acids is 1. The largest absolute Gasteiger partial charge is 0.373 e. The van der Waals surface area contributed by atoms with Gasteiger partial charge in [-0.15, -0.1) is 0 Å². The Morgan fingerprint density at radius 3 is 2.58 bits per heavy atom. The van der Waals surface area contributed by atoms with Crippen molar-refractivity contribution in [1.82, 2.24) is 0 Å². The molecule has 2 aliphatic carbocycles. The van der Waals surface area contributed by atoms with Crippen molar-refractivity contribution in [3.63, 3.8) is 0 Å². The van der Waals surface area contributed by atoms with E-state index in [9.17, 15) is 4.79 Å². The van der Waals surface area contributed by atoms with Crippen LogP contribution in [0.5, 0.6) is 0 Å². The highest BCUT2D eigenvalue weighted by molar-refractivity contribution is 6.04. The lowest BCUT2D eigenvalue weighted by Gasteiger charge is -2.51. The van der Waals surface area contributed by atoms with Crippen molar-refractivity contribution in [2.75, 3.05) is 0 Å². The van der Waals surface area contributed by atoms with Crippen LogP contribution < -0.4 is 0 Å². The van der Waals surface area contributed by atoms with Crippen LogP contribution >= 0.6 is 0 Å². The van der Waals surface area contributed by atoms with Gasteiger partial charge >= 0.3 is 0 Å². The van der Waals surface area contributed by atoms with Gasteiger partial charge in [-0.3, -0.25) is 4.79 Å². The van der Waals surface area contributed by atoms with E-state index in [1.165, 1.54) is 12.8 Å². The Bertz CT molecular complexity index is 495. The lowest BCUT2D eigenvalue weighted by atomic mass is 9.60. The first-order valence-electron chi connectivity index (χ1n) is 7.22. The summed E-state index contributed by atoms with van der Waals surface area (Å²) in [7, 11) is 0. The minimum Gasteiger partial charge on any atom is -0.373 e. The number of rotatable bonds is 1. The molecule has 0 aromatic heterocycles. The molecule has 0 bridgehead atoms. The van der Waals surface area contributed by atoms with E-state index in [4.69, 9.17) is 10.00 Å². The molecule has 1 heterocycles. The van der Waals surface area contributed by atoms with Gasteiger partial charge in [0, 0.05) is 5.41 Å². The molecule has 3 rings (SSSR count). The maximum atomic E-state index is 12.4. The summed E-state index contributed by atoms with van der Waals surface area (Å²) in [6.45, 7) is 5.99. The summed E-state index contributed by atoms with van der Waals surface area (Å²) in [5.41, 5.74) is -0.451. The molecule has 2 fully saturated rings. The van der Waals surface area contributed by atoms with Crippen molar-refractivity contribution < 1.29 is 9.53 Å². The molecule has 1 saturated heterocycles. The molecular formula is C16H21NO2. The van der Waals surface area contributed by atoms with Crippen molar-refractivity contribution >= 4 is 5.78 Å². The second-order valence-electron chi connectivity index (χ2n) is 7.16. The van der Waals surface area contributed by atoms with Gasteiger partial charge in [-0.2, -0.15) is 5.26 Å². The number of Topliss-reactive ketones (excluding diaryl/α,β-unsaturated/α-hetero) is 1. The van der Waals surface area contributed by atoms with Crippen molar-refractivity contribution in [3.05, 3.63) is 11.6 Å². The Labute approximate surface area is 114 Å². The van der Waals surface area contributed by atoms with Gasteiger partial charge in [-0.25, -0.2) is 0 Å². The van der Waals surface area contributed by atoms with Crippen LogP contribution in [0, 0.1) is 28.1 Å². The quantitative estimate of drug-likeness (QED) is 0.727. The lowest BCUT2D eigenvalue weighted by molar-refractivity contribution is -0.174. The molecule has 102 valence electrons. The molecular weight excluding hydrogens is 238 g/mol. The van der Waals surface area contributed by atoms with Crippen molar-refractivity contribution in [3.8, 4) is 6.07 Å². The number of nitrogens with zero attached hydrogens (tertiary/aromatic N) is 1. The summed E-state index contributed by atoms with van der Waals surface area (Å²) in [4.78, 5) is 12.4. The first-order valence-corrected chi connectivity index (χ1v) is 7.22. The second kappa shape index (κ2) is 3.93. The Morgan fingerprint density at radius 2 is 2.00 bits per heavy atom. The molecule has 19 heavy (non-hydrogen) atoms. The third-order valence-corrected chi connectivity index (χ3v) is 5.10. The van der Waals surface area contributed by atoms with Crippen LogP contribution in [0.2, 0.25) is 0 Å². The van der Waals surface area contributed by atoms with E-state index >= 15 is 0 Å². The van der Waals surface area contributed by atoms with Gasteiger partial charge in [0.2, 0.25) is 0 Å². The molecule has 1 aliphatic heterocycles. The predicted octanol–water partition coefficient (Wildman–Crippen LogP) is 3.01. The molecule has 0 N–H and O–H groups in total. The van der Waals surface area contributed by atoms with E-state index in [1.54, 1.807) is 0 Å². The topological polar surface area (TPSA) is 50.1 Å². The van der Waals surface area contributed by atoms with Crippen LogP contribution in [-0.2, 0) is 9.53 Å². The van der Waals surface area contributed by atoms with Gasteiger partial charge in [0.1, 0.15) is 6.07 Å². The maximum absolute atomic E-state index is 12.4. The zero-order chi connectivity index (χ0) is 13.8. The normalized spacial score (nSPS) is 41.2. The summed E-state index contributed by atoms with van der Waals surface area (Å²) in [5, 5.41) is 9.17. The van der Waals surface area contributed by atoms with E-state index in [0.717, 1.165) is 12.8 Å². The molecule has 0 aromatic carbocycles. The van der Waals surface area contributed by atoms with Crippen molar-refractivity contribution in [2.24, 2.45) is 16.7 Å². The van der Waals surface area contributed by atoms with E-state index in [-0.39, 0.29) is 17.3 Å². The van der Waals surface area contributed by atoms with Crippen LogP contribution in [0.1, 0.15) is 46.5 Å². The van der Waals surface area contributed by atoms with Gasteiger partial charge in [-0.1, -0.05) is 13.0 Å². The average Bonchev–Trinajstić information content (AvgIpc) is 3.18. The summed E-state index contributed by atoms with van der Waals surface area (Å²) in [6.07, 6.45) is 6.70. The van der Waals surface area contributed by atoms with Gasteiger partial charge in [0.15, 0.2) is 5.78 Å². The Hall–Kier alpha value is -1.14. The highest BCUT2D eigenvalue weighted by Crippen LogP contribution is 2.53. The first-order chi connectivity index (χ1) is 8.88. The molecule has 0 aromatic rings. The summed E-state index contributed by atoms with van der Waals surface area (Å²) >= 11 is 0. The standard InChI is InChI=1S/C16H21NO2/c1-15(2)13(18)11(9-17)8-16(3)7-6-12(10-4-5-10)19-14(15)16/h8,10,12,14H,4-7H2,1-3H3/t12-,14+,16+/m0/s1. The van der Waals surface area contributed by atoms with E-state index in [1.807, 2.05) is 19.9 Å². The molecule has 3 heteroatoms. The van der Waals surface area contributed by atoms with Gasteiger partial charge in [0.05, 0.1) is 23.2 Å². The highest BCUT2D eigenvalue weighted by atomic mass is 16.5. The fraction of sp³-hybridized carbons (Fsp3) is 0.750. The van der Waals surface area contributed by atoms with E-state index in [0.29, 0.717) is 17.6 Å². The minimum absolute atomic E-state index is 0.0612. The monoisotopic (exact) mass is 259 g/mol. The smallest absolute Gasteiger partial charge is 0.181 e. The Kier molecular flexibility index (Phi) is 2.66. The molecule has 3 nitrogen and oxygen atoms in total. The minimum atomic E-state index is -0.595. The molecule has 0 spiro atoms. The number of fused-ring (bicyclic) bond motifs is 1. The average molecular weight is 259 g/mol. The number of ketones is 1. The molecule has 3 atom stereocenters. The zero-order valence-corrected chi connectivity index (χ0v) is 11.9. The van der Waals surface area contributed by atoms with Gasteiger partial charge < -0.3 is 4.74 Å². The Balaban J connectivity index is 1.98. The van der Waals surface area contributed by atoms with Gasteiger partial charge in [0.25, 0.3) is 0 Å². The van der Waals surface area contributed by atoms with E-state index in [2.05, 4.69) is 13.0 Å². The molecule has 3 aliphatic rings. The summed E-state index contributed by atoms with van der Waals surface area (Å²) in [5.74, 6) is 0.644. The third kappa shape index (κ3) is 1.85. The first kappa shape index (κ1) is 12.9. The number of hydrogen-bond donors (Lipinski definition) is 0. The Morgan fingerprint density at radius 1 is 1.32 bits per heavy atom. The number of nitriles is 1. The maximum Gasteiger partial charge on any atom is 0.181 e. The number of hydrogen-bond acceptors (Lipinski definition) is 3. The highest BCUT2D eigenvalue weighted by Gasteiger charge is 2.56. The summed E-state index contributed by atoms with van der Waals surface area (Å²) < 4.78 is 6.32. The van der Waals surface area contributed by atoms with Crippen molar-refractivity contribution in [1.29, 1.82) is 5.26 Å². The van der Waals surface area contributed by atoms with Crippen molar-refractivity contribution in [2.45, 2.75) is 58.7 Å². The number of ether oxygens (including phenoxy) is 1. The van der Waals surface area contributed by atoms with Crippen LogP contribution in [0.3, 0.4) is 0 Å². The van der Waals surface area contributed by atoms with E-state index < -0.39 is 5.41 Å². The molecule has 1 saturated carbocycles. The fourth-order valence-electron chi connectivity index (χ4n) is 3.88. The van der Waals surface area contributed by atoms with Crippen LogP contribution in [-0.4, -0.2) is 18.0 Å².